The molecule has 2 N–H and O–H groups in total. The highest BCUT2D eigenvalue weighted by Gasteiger charge is 2.13. The van der Waals surface area contributed by atoms with Gasteiger partial charge in [0.2, 0.25) is 5.91 Å². The summed E-state index contributed by atoms with van der Waals surface area (Å²) in [6.07, 6.45) is 2.55. The number of aromatic nitrogens is 2. The third kappa shape index (κ3) is 4.76. The average molecular weight is 340 g/mol. The summed E-state index contributed by atoms with van der Waals surface area (Å²) in [5.41, 5.74) is 1.01. The zero-order valence-corrected chi connectivity index (χ0v) is 13.8. The number of hydrogen-bond donors (Lipinski definition) is 2. The number of thioether (sulfide) groups is 1. The van der Waals surface area contributed by atoms with Crippen molar-refractivity contribution >= 4 is 29.3 Å². The summed E-state index contributed by atoms with van der Waals surface area (Å²) >= 11 is 7.54. The van der Waals surface area contributed by atoms with E-state index in [2.05, 4.69) is 10.3 Å². The summed E-state index contributed by atoms with van der Waals surface area (Å²) in [5.74, 6) is 1.40. The molecule has 0 aliphatic carbocycles. The lowest BCUT2D eigenvalue weighted by molar-refractivity contribution is -0.119. The van der Waals surface area contributed by atoms with E-state index in [1.807, 2.05) is 24.3 Å². The Morgan fingerprint density at radius 1 is 1.50 bits per heavy atom. The van der Waals surface area contributed by atoms with Gasteiger partial charge in [0.15, 0.2) is 0 Å². The van der Waals surface area contributed by atoms with Crippen LogP contribution in [0.5, 0.6) is 0 Å². The third-order valence-electron chi connectivity index (χ3n) is 3.10. The molecule has 0 spiro atoms. The standard InChI is InChI=1S/C15H18ClN3O2S/c1-19-7-6-17-15(19)13(20)8-18-14(21)10-22-9-11-4-2-3-5-12(11)16/h2-7,13,20H,8-10H2,1H3,(H,18,21). The number of aliphatic hydroxyl groups excluding tert-OH is 1. The first-order valence-corrected chi connectivity index (χ1v) is 8.34. The molecule has 0 fully saturated rings. The van der Waals surface area contributed by atoms with Crippen molar-refractivity contribution in [1.82, 2.24) is 14.9 Å². The van der Waals surface area contributed by atoms with Crippen molar-refractivity contribution in [2.45, 2.75) is 11.9 Å². The SMILES string of the molecule is Cn1ccnc1C(O)CNC(=O)CSCc1ccccc1Cl. The first-order valence-electron chi connectivity index (χ1n) is 6.81. The number of rotatable bonds is 7. The Morgan fingerprint density at radius 3 is 2.95 bits per heavy atom. The summed E-state index contributed by atoms with van der Waals surface area (Å²) < 4.78 is 1.73. The lowest BCUT2D eigenvalue weighted by Crippen LogP contribution is -2.30. The number of aliphatic hydroxyl groups is 1. The predicted octanol–water partition coefficient (Wildman–Crippen LogP) is 2.16. The van der Waals surface area contributed by atoms with Crippen LogP contribution in [0.1, 0.15) is 17.5 Å². The molecule has 1 atom stereocenters. The van der Waals surface area contributed by atoms with Gasteiger partial charge >= 0.3 is 0 Å². The van der Waals surface area contributed by atoms with Crippen LogP contribution in [-0.4, -0.2) is 32.9 Å². The van der Waals surface area contributed by atoms with Gasteiger partial charge in [-0.2, -0.15) is 0 Å². The first-order chi connectivity index (χ1) is 10.6. The minimum Gasteiger partial charge on any atom is -0.383 e. The number of nitrogens with zero attached hydrogens (tertiary/aromatic N) is 2. The molecule has 5 nitrogen and oxygen atoms in total. The highest BCUT2D eigenvalue weighted by Crippen LogP contribution is 2.20. The highest BCUT2D eigenvalue weighted by molar-refractivity contribution is 7.99. The van der Waals surface area contributed by atoms with Crippen LogP contribution in [0.2, 0.25) is 5.02 Å². The summed E-state index contributed by atoms with van der Waals surface area (Å²) in [7, 11) is 1.80. The maximum absolute atomic E-state index is 11.8. The van der Waals surface area contributed by atoms with E-state index in [4.69, 9.17) is 11.6 Å². The number of carbonyl (C=O) groups is 1. The van der Waals surface area contributed by atoms with E-state index >= 15 is 0 Å². The van der Waals surface area contributed by atoms with Crippen molar-refractivity contribution in [2.24, 2.45) is 7.05 Å². The maximum atomic E-state index is 11.8. The lowest BCUT2D eigenvalue weighted by atomic mass is 10.2. The Bertz CT molecular complexity index is 633. The first kappa shape index (κ1) is 16.9. The van der Waals surface area contributed by atoms with Gasteiger partial charge in [0, 0.05) is 30.2 Å². The molecule has 2 aromatic rings. The molecule has 0 bridgehead atoms. The molecule has 1 heterocycles. The fourth-order valence-corrected chi connectivity index (χ4v) is 3.06. The smallest absolute Gasteiger partial charge is 0.230 e. The van der Waals surface area contributed by atoms with E-state index in [-0.39, 0.29) is 12.5 Å². The zero-order valence-electron chi connectivity index (χ0n) is 12.2. The molecule has 0 aliphatic rings. The van der Waals surface area contributed by atoms with Gasteiger partial charge in [-0.15, -0.1) is 11.8 Å². The van der Waals surface area contributed by atoms with Crippen LogP contribution < -0.4 is 5.32 Å². The van der Waals surface area contributed by atoms with Crippen LogP contribution in [0.25, 0.3) is 0 Å². The van der Waals surface area contributed by atoms with Crippen LogP contribution in [0.4, 0.5) is 0 Å². The van der Waals surface area contributed by atoms with E-state index < -0.39 is 6.10 Å². The second-order valence-electron chi connectivity index (χ2n) is 4.80. The number of nitrogens with one attached hydrogen (secondary N) is 1. The van der Waals surface area contributed by atoms with E-state index in [0.717, 1.165) is 5.56 Å². The number of aryl methyl sites for hydroxylation is 1. The topological polar surface area (TPSA) is 67.2 Å². The van der Waals surface area contributed by atoms with Crippen molar-refractivity contribution in [1.29, 1.82) is 0 Å². The van der Waals surface area contributed by atoms with Crippen molar-refractivity contribution in [3.8, 4) is 0 Å². The molecule has 1 unspecified atom stereocenters. The van der Waals surface area contributed by atoms with Gasteiger partial charge in [-0.3, -0.25) is 4.79 Å². The van der Waals surface area contributed by atoms with Crippen molar-refractivity contribution in [3.63, 3.8) is 0 Å². The van der Waals surface area contributed by atoms with Gasteiger partial charge < -0.3 is 15.0 Å². The molecule has 22 heavy (non-hydrogen) atoms. The molecular weight excluding hydrogens is 322 g/mol. The number of imidazole rings is 1. The van der Waals surface area contributed by atoms with Gasteiger partial charge in [0.1, 0.15) is 11.9 Å². The molecule has 2 rings (SSSR count). The van der Waals surface area contributed by atoms with Crippen LogP contribution in [0.3, 0.4) is 0 Å². The number of hydrogen-bond acceptors (Lipinski definition) is 4. The van der Waals surface area contributed by atoms with E-state index in [1.165, 1.54) is 11.8 Å². The van der Waals surface area contributed by atoms with Crippen molar-refractivity contribution in [2.75, 3.05) is 12.3 Å². The van der Waals surface area contributed by atoms with Crippen LogP contribution >= 0.6 is 23.4 Å². The van der Waals surface area contributed by atoms with Crippen LogP contribution in [-0.2, 0) is 17.6 Å². The fraction of sp³-hybridized carbons (Fsp3) is 0.333. The van der Waals surface area contributed by atoms with Crippen molar-refractivity contribution in [3.05, 3.63) is 53.1 Å². The normalized spacial score (nSPS) is 12.1. The summed E-state index contributed by atoms with van der Waals surface area (Å²) in [4.78, 5) is 15.8. The van der Waals surface area contributed by atoms with Crippen molar-refractivity contribution < 1.29 is 9.90 Å². The number of halogens is 1. The summed E-state index contributed by atoms with van der Waals surface area (Å²) in [5, 5.41) is 13.4. The van der Waals surface area contributed by atoms with Gasteiger partial charge in [0.25, 0.3) is 0 Å². The minimum atomic E-state index is -0.808. The van der Waals surface area contributed by atoms with Crippen LogP contribution in [0.15, 0.2) is 36.7 Å². The van der Waals surface area contributed by atoms with E-state index in [9.17, 15) is 9.90 Å². The molecule has 7 heteroatoms. The van der Waals surface area contributed by atoms with Gasteiger partial charge in [-0.1, -0.05) is 29.8 Å². The Balaban J connectivity index is 1.70. The summed E-state index contributed by atoms with van der Waals surface area (Å²) in [6.45, 7) is 0.149. The predicted molar refractivity (Wildman–Crippen MR) is 88.8 cm³/mol. The van der Waals surface area contributed by atoms with Crippen LogP contribution in [0, 0.1) is 0 Å². The zero-order chi connectivity index (χ0) is 15.9. The molecule has 0 saturated carbocycles. The average Bonchev–Trinajstić information content (AvgIpc) is 2.93. The number of amides is 1. The van der Waals surface area contributed by atoms with Gasteiger partial charge in [0.05, 0.1) is 12.3 Å². The quantitative estimate of drug-likeness (QED) is 0.811. The fourth-order valence-electron chi connectivity index (χ4n) is 1.92. The second kappa shape index (κ2) is 8.22. The second-order valence-corrected chi connectivity index (χ2v) is 6.19. The Hall–Kier alpha value is -1.50. The molecule has 0 radical (unpaired) electrons. The molecule has 0 saturated heterocycles. The Labute approximate surface area is 138 Å². The maximum Gasteiger partial charge on any atom is 0.230 e. The van der Waals surface area contributed by atoms with Gasteiger partial charge in [-0.05, 0) is 11.6 Å². The summed E-state index contributed by atoms with van der Waals surface area (Å²) in [6, 6.07) is 7.58. The Morgan fingerprint density at radius 2 is 2.27 bits per heavy atom. The Kier molecular flexibility index (Phi) is 6.30. The molecule has 118 valence electrons. The molecule has 1 aromatic heterocycles. The molecule has 1 amide bonds. The third-order valence-corrected chi connectivity index (χ3v) is 4.45. The molecule has 1 aromatic carbocycles. The minimum absolute atomic E-state index is 0.120. The number of carbonyl (C=O) groups excluding carboxylic acids is 1. The van der Waals surface area contributed by atoms with Gasteiger partial charge in [-0.25, -0.2) is 4.98 Å². The monoisotopic (exact) mass is 339 g/mol. The highest BCUT2D eigenvalue weighted by atomic mass is 35.5. The lowest BCUT2D eigenvalue weighted by Gasteiger charge is -2.11. The van der Waals surface area contributed by atoms with E-state index in [0.29, 0.717) is 22.4 Å². The number of benzene rings is 1. The largest absolute Gasteiger partial charge is 0.383 e. The van der Waals surface area contributed by atoms with E-state index in [1.54, 1.807) is 24.0 Å². The molecular formula is C15H18ClN3O2S. The molecule has 0 aliphatic heterocycles.